The van der Waals surface area contributed by atoms with Gasteiger partial charge in [0.2, 0.25) is 10.0 Å². The van der Waals surface area contributed by atoms with Crippen molar-refractivity contribution in [1.29, 1.82) is 0 Å². The van der Waals surface area contributed by atoms with E-state index in [9.17, 15) is 18.3 Å². The van der Waals surface area contributed by atoms with Crippen molar-refractivity contribution in [2.45, 2.75) is 50.8 Å². The zero-order valence-electron chi connectivity index (χ0n) is 12.8. The number of furan rings is 1. The summed E-state index contributed by atoms with van der Waals surface area (Å²) in [5.41, 5.74) is 0.967. The van der Waals surface area contributed by atoms with Crippen molar-refractivity contribution >= 4 is 16.0 Å². The SMILES string of the molecule is Cc1oc(C)c(S(=O)(=O)NCCC2=CCCCC2)c1C(=O)O. The van der Waals surface area contributed by atoms with E-state index in [4.69, 9.17) is 4.42 Å². The van der Waals surface area contributed by atoms with Crippen molar-refractivity contribution in [1.82, 2.24) is 4.72 Å². The highest BCUT2D eigenvalue weighted by Crippen LogP contribution is 2.26. The van der Waals surface area contributed by atoms with Crippen LogP contribution < -0.4 is 4.72 Å². The van der Waals surface area contributed by atoms with Gasteiger partial charge in [0.25, 0.3) is 0 Å². The van der Waals surface area contributed by atoms with E-state index in [1.807, 2.05) is 0 Å². The number of sulfonamides is 1. The third-order valence-corrected chi connectivity index (χ3v) is 5.42. The summed E-state index contributed by atoms with van der Waals surface area (Å²) < 4.78 is 32.4. The van der Waals surface area contributed by atoms with Gasteiger partial charge in [-0.15, -0.1) is 0 Å². The van der Waals surface area contributed by atoms with Crippen molar-refractivity contribution in [2.75, 3.05) is 6.54 Å². The van der Waals surface area contributed by atoms with Crippen LogP contribution in [0.2, 0.25) is 0 Å². The van der Waals surface area contributed by atoms with Crippen LogP contribution in [0.5, 0.6) is 0 Å². The lowest BCUT2D eigenvalue weighted by molar-refractivity contribution is 0.0691. The summed E-state index contributed by atoms with van der Waals surface area (Å²) >= 11 is 0. The smallest absolute Gasteiger partial charge is 0.340 e. The summed E-state index contributed by atoms with van der Waals surface area (Å²) in [5.74, 6) is -1.11. The largest absolute Gasteiger partial charge is 0.478 e. The van der Waals surface area contributed by atoms with Crippen molar-refractivity contribution in [2.24, 2.45) is 0 Å². The average molecular weight is 327 g/mol. The van der Waals surface area contributed by atoms with Gasteiger partial charge in [-0.2, -0.15) is 0 Å². The molecule has 2 N–H and O–H groups in total. The average Bonchev–Trinajstić information content (AvgIpc) is 2.75. The summed E-state index contributed by atoms with van der Waals surface area (Å²) in [7, 11) is -3.90. The molecule has 0 spiro atoms. The second-order valence-electron chi connectivity index (χ2n) is 5.48. The highest BCUT2D eigenvalue weighted by molar-refractivity contribution is 7.89. The molecule has 0 atom stereocenters. The molecule has 7 heteroatoms. The second-order valence-corrected chi connectivity index (χ2v) is 7.18. The zero-order chi connectivity index (χ0) is 16.3. The number of hydrogen-bond acceptors (Lipinski definition) is 4. The molecule has 0 bridgehead atoms. The maximum absolute atomic E-state index is 12.4. The number of carbonyl (C=O) groups is 1. The van der Waals surface area contributed by atoms with Gasteiger partial charge in [0, 0.05) is 6.54 Å². The van der Waals surface area contributed by atoms with Crippen molar-refractivity contribution < 1.29 is 22.7 Å². The fourth-order valence-corrected chi connectivity index (χ4v) is 4.22. The van der Waals surface area contributed by atoms with E-state index in [0.717, 1.165) is 19.3 Å². The second kappa shape index (κ2) is 6.66. The van der Waals surface area contributed by atoms with Crippen molar-refractivity contribution in [3.8, 4) is 0 Å². The minimum absolute atomic E-state index is 0.0966. The summed E-state index contributed by atoms with van der Waals surface area (Å²) in [6, 6.07) is 0. The van der Waals surface area contributed by atoms with E-state index < -0.39 is 16.0 Å². The lowest BCUT2D eigenvalue weighted by atomic mass is 9.97. The Morgan fingerprint density at radius 2 is 2.05 bits per heavy atom. The lowest BCUT2D eigenvalue weighted by Gasteiger charge is -2.13. The first kappa shape index (κ1) is 16.8. The van der Waals surface area contributed by atoms with Gasteiger partial charge < -0.3 is 9.52 Å². The van der Waals surface area contributed by atoms with Crippen LogP contribution in [0.4, 0.5) is 0 Å². The molecule has 1 aromatic heterocycles. The van der Waals surface area contributed by atoms with Crippen LogP contribution in [0.15, 0.2) is 21.0 Å². The molecule has 0 fully saturated rings. The Morgan fingerprint density at radius 3 is 2.64 bits per heavy atom. The van der Waals surface area contributed by atoms with E-state index in [2.05, 4.69) is 10.8 Å². The maximum atomic E-state index is 12.4. The number of aromatic carboxylic acids is 1. The molecule has 1 aliphatic carbocycles. The molecule has 1 heterocycles. The summed E-state index contributed by atoms with van der Waals surface area (Å²) in [5, 5.41) is 9.19. The molecule has 122 valence electrons. The molecular weight excluding hydrogens is 306 g/mol. The van der Waals surface area contributed by atoms with E-state index in [1.54, 1.807) is 0 Å². The summed E-state index contributed by atoms with van der Waals surface area (Å²) in [6.45, 7) is 3.16. The third kappa shape index (κ3) is 3.59. The zero-order valence-corrected chi connectivity index (χ0v) is 13.6. The minimum atomic E-state index is -3.90. The summed E-state index contributed by atoms with van der Waals surface area (Å²) in [6.07, 6.45) is 7.19. The van der Waals surface area contributed by atoms with Gasteiger partial charge >= 0.3 is 5.97 Å². The van der Waals surface area contributed by atoms with Gasteiger partial charge in [0.1, 0.15) is 22.0 Å². The molecule has 0 saturated heterocycles. The molecule has 22 heavy (non-hydrogen) atoms. The highest BCUT2D eigenvalue weighted by atomic mass is 32.2. The molecular formula is C15H21NO5S. The number of aryl methyl sites for hydroxylation is 2. The number of rotatable bonds is 6. The van der Waals surface area contributed by atoms with Crippen LogP contribution in [0, 0.1) is 13.8 Å². The van der Waals surface area contributed by atoms with Crippen LogP contribution in [0.25, 0.3) is 0 Å². The minimum Gasteiger partial charge on any atom is -0.478 e. The molecule has 2 rings (SSSR count). The van der Waals surface area contributed by atoms with E-state index in [-0.39, 0.29) is 28.5 Å². The Kier molecular flexibility index (Phi) is 5.08. The Morgan fingerprint density at radius 1 is 1.32 bits per heavy atom. The predicted octanol–water partition coefficient (Wildman–Crippen LogP) is 2.76. The topological polar surface area (TPSA) is 96.6 Å². The first-order valence-corrected chi connectivity index (χ1v) is 8.82. The van der Waals surface area contributed by atoms with E-state index >= 15 is 0 Å². The van der Waals surface area contributed by atoms with E-state index in [0.29, 0.717) is 6.42 Å². The molecule has 0 radical (unpaired) electrons. The monoisotopic (exact) mass is 327 g/mol. The molecule has 6 nitrogen and oxygen atoms in total. The molecule has 0 unspecified atom stereocenters. The van der Waals surface area contributed by atoms with Crippen molar-refractivity contribution in [3.63, 3.8) is 0 Å². The Labute approximate surface area is 130 Å². The molecule has 1 aliphatic rings. The first-order chi connectivity index (χ1) is 10.3. The normalized spacial score (nSPS) is 15.6. The molecule has 0 aromatic carbocycles. The van der Waals surface area contributed by atoms with Crippen LogP contribution in [-0.2, 0) is 10.0 Å². The number of carboxylic acids is 1. The third-order valence-electron chi connectivity index (χ3n) is 3.81. The first-order valence-electron chi connectivity index (χ1n) is 7.34. The van der Waals surface area contributed by atoms with Gasteiger partial charge in [0.05, 0.1) is 0 Å². The fourth-order valence-electron chi connectivity index (χ4n) is 2.78. The lowest BCUT2D eigenvalue weighted by Crippen LogP contribution is -2.27. The number of carboxylic acid groups (broad SMARTS) is 1. The standard InChI is InChI=1S/C15H21NO5S/c1-10-13(15(17)18)14(11(2)21-10)22(19,20)16-9-8-12-6-4-3-5-7-12/h6,16H,3-5,7-9H2,1-2H3,(H,17,18). The van der Waals surface area contributed by atoms with Gasteiger partial charge in [-0.3, -0.25) is 0 Å². The molecule has 0 saturated carbocycles. The van der Waals surface area contributed by atoms with Gasteiger partial charge in [-0.05, 0) is 46.0 Å². The van der Waals surface area contributed by atoms with Crippen molar-refractivity contribution in [3.05, 3.63) is 28.7 Å². The van der Waals surface area contributed by atoms with Gasteiger partial charge in [-0.1, -0.05) is 11.6 Å². The Balaban J connectivity index is 2.14. The summed E-state index contributed by atoms with van der Waals surface area (Å²) in [4.78, 5) is 11.0. The van der Waals surface area contributed by atoms with Gasteiger partial charge in [-0.25, -0.2) is 17.9 Å². The number of nitrogens with one attached hydrogen (secondary N) is 1. The van der Waals surface area contributed by atoms with Crippen LogP contribution >= 0.6 is 0 Å². The quantitative estimate of drug-likeness (QED) is 0.783. The fraction of sp³-hybridized carbons (Fsp3) is 0.533. The Bertz CT molecular complexity index is 700. The highest BCUT2D eigenvalue weighted by Gasteiger charge is 2.30. The van der Waals surface area contributed by atoms with Crippen LogP contribution in [0.1, 0.15) is 54.0 Å². The van der Waals surface area contributed by atoms with Crippen LogP contribution in [-0.4, -0.2) is 26.0 Å². The number of allylic oxidation sites excluding steroid dienone is 1. The number of hydrogen-bond donors (Lipinski definition) is 2. The maximum Gasteiger partial charge on any atom is 0.340 e. The Hall–Kier alpha value is -1.60. The van der Waals surface area contributed by atoms with E-state index in [1.165, 1.54) is 25.8 Å². The molecule has 0 aliphatic heterocycles. The predicted molar refractivity (Wildman–Crippen MR) is 81.5 cm³/mol. The van der Waals surface area contributed by atoms with Gasteiger partial charge in [0.15, 0.2) is 0 Å². The molecule has 1 aromatic rings. The van der Waals surface area contributed by atoms with Crippen LogP contribution in [0.3, 0.4) is 0 Å². The molecule has 0 amide bonds.